The highest BCUT2D eigenvalue weighted by Gasteiger charge is 2.31. The average Bonchev–Trinajstić information content (AvgIpc) is 2.28. The van der Waals surface area contributed by atoms with Crippen molar-refractivity contribution in [3.63, 3.8) is 0 Å². The van der Waals surface area contributed by atoms with Gasteiger partial charge in [0.05, 0.1) is 11.2 Å². The molecule has 0 aliphatic rings. The molecule has 0 saturated carbocycles. The Morgan fingerprint density at radius 3 is 1.94 bits per heavy atom. The van der Waals surface area contributed by atoms with Crippen LogP contribution in [0.1, 0.15) is 38.3 Å². The average molecular weight is 260 g/mol. The highest BCUT2D eigenvalue weighted by molar-refractivity contribution is 5.25. The fraction of sp³-hybridized carbons (Fsp3) is 0.571. The number of hydrogen-bond donors (Lipinski definition) is 1. The fourth-order valence-electron chi connectivity index (χ4n) is 1.90. The molecule has 0 bridgehead atoms. The number of alkyl halides is 3. The second kappa shape index (κ2) is 5.31. The maximum absolute atomic E-state index is 12.4. The van der Waals surface area contributed by atoms with Crippen LogP contribution in [0.5, 0.6) is 0 Å². The Kier molecular flexibility index (Phi) is 4.43. The van der Waals surface area contributed by atoms with E-state index in [-0.39, 0.29) is 5.92 Å². The van der Waals surface area contributed by atoms with E-state index in [1.165, 1.54) is 12.1 Å². The van der Waals surface area contributed by atoms with Gasteiger partial charge in [0, 0.05) is 6.42 Å². The van der Waals surface area contributed by atoms with Crippen LogP contribution in [0, 0.1) is 5.92 Å². The summed E-state index contributed by atoms with van der Waals surface area (Å²) >= 11 is 0. The van der Waals surface area contributed by atoms with E-state index in [0.717, 1.165) is 17.7 Å². The van der Waals surface area contributed by atoms with Crippen molar-refractivity contribution in [2.24, 2.45) is 5.92 Å². The molecule has 0 fully saturated rings. The number of hydrogen-bond acceptors (Lipinski definition) is 1. The van der Waals surface area contributed by atoms with Crippen LogP contribution < -0.4 is 0 Å². The van der Waals surface area contributed by atoms with Gasteiger partial charge in [0.25, 0.3) is 0 Å². The molecule has 1 unspecified atom stereocenters. The third-order valence-corrected chi connectivity index (χ3v) is 3.48. The van der Waals surface area contributed by atoms with Gasteiger partial charge in [0.1, 0.15) is 0 Å². The summed E-state index contributed by atoms with van der Waals surface area (Å²) in [7, 11) is 0. The zero-order valence-electron chi connectivity index (χ0n) is 10.9. The van der Waals surface area contributed by atoms with Crippen LogP contribution in [0.15, 0.2) is 24.3 Å². The van der Waals surface area contributed by atoms with E-state index in [4.69, 9.17) is 0 Å². The second-order valence-corrected chi connectivity index (χ2v) is 4.98. The third kappa shape index (κ3) is 3.48. The van der Waals surface area contributed by atoms with Gasteiger partial charge >= 0.3 is 6.18 Å². The van der Waals surface area contributed by atoms with E-state index in [1.807, 2.05) is 20.8 Å². The summed E-state index contributed by atoms with van der Waals surface area (Å²) in [6, 6.07) is 5.00. The molecule has 1 nitrogen and oxygen atoms in total. The predicted molar refractivity (Wildman–Crippen MR) is 65.2 cm³/mol. The predicted octanol–water partition coefficient (Wildman–Crippen LogP) is 4.05. The lowest BCUT2D eigenvalue weighted by atomic mass is 9.82. The van der Waals surface area contributed by atoms with Crippen molar-refractivity contribution in [3.05, 3.63) is 35.4 Å². The van der Waals surface area contributed by atoms with Crippen molar-refractivity contribution >= 4 is 0 Å². The molecule has 0 amide bonds. The smallest absolute Gasteiger partial charge is 0.389 e. The summed E-state index contributed by atoms with van der Waals surface area (Å²) in [5.41, 5.74) is -0.795. The summed E-state index contributed by atoms with van der Waals surface area (Å²) in [5, 5.41) is 10.4. The number of halogens is 3. The quantitative estimate of drug-likeness (QED) is 0.866. The Morgan fingerprint density at radius 1 is 1.11 bits per heavy atom. The number of benzene rings is 1. The number of rotatable bonds is 4. The topological polar surface area (TPSA) is 20.2 Å². The van der Waals surface area contributed by atoms with Crippen LogP contribution in [-0.4, -0.2) is 10.7 Å². The highest BCUT2D eigenvalue weighted by Crippen LogP contribution is 2.31. The van der Waals surface area contributed by atoms with Gasteiger partial charge in [0.2, 0.25) is 0 Å². The molecular weight excluding hydrogens is 241 g/mol. The van der Waals surface area contributed by atoms with Crippen LogP contribution in [-0.2, 0) is 12.6 Å². The SMILES string of the molecule is CCC(O)(Cc1ccc(C(F)(F)F)cc1)C(C)C. The molecule has 1 N–H and O–H groups in total. The fourth-order valence-corrected chi connectivity index (χ4v) is 1.90. The van der Waals surface area contributed by atoms with Crippen molar-refractivity contribution in [1.82, 2.24) is 0 Å². The van der Waals surface area contributed by atoms with Crippen molar-refractivity contribution in [3.8, 4) is 0 Å². The van der Waals surface area contributed by atoms with Gasteiger partial charge in [0.15, 0.2) is 0 Å². The first kappa shape index (κ1) is 15.0. The van der Waals surface area contributed by atoms with Gasteiger partial charge in [-0.2, -0.15) is 13.2 Å². The molecule has 0 radical (unpaired) electrons. The normalized spacial score (nSPS) is 15.8. The Balaban J connectivity index is 2.87. The first-order chi connectivity index (χ1) is 8.19. The van der Waals surface area contributed by atoms with Crippen molar-refractivity contribution in [2.45, 2.75) is 45.4 Å². The molecule has 1 aromatic rings. The molecule has 1 atom stereocenters. The summed E-state index contributed by atoms with van der Waals surface area (Å²) < 4.78 is 37.2. The van der Waals surface area contributed by atoms with Crippen LogP contribution in [0.25, 0.3) is 0 Å². The lowest BCUT2D eigenvalue weighted by Gasteiger charge is -2.31. The van der Waals surface area contributed by atoms with Crippen LogP contribution in [0.3, 0.4) is 0 Å². The molecule has 0 spiro atoms. The van der Waals surface area contributed by atoms with Gasteiger partial charge in [-0.15, -0.1) is 0 Å². The van der Waals surface area contributed by atoms with Crippen molar-refractivity contribution in [1.29, 1.82) is 0 Å². The first-order valence-electron chi connectivity index (χ1n) is 6.07. The van der Waals surface area contributed by atoms with Crippen molar-refractivity contribution < 1.29 is 18.3 Å². The molecule has 102 valence electrons. The minimum Gasteiger partial charge on any atom is -0.389 e. The zero-order chi connectivity index (χ0) is 14.0. The molecule has 0 aliphatic carbocycles. The van der Waals surface area contributed by atoms with Gasteiger partial charge in [-0.25, -0.2) is 0 Å². The van der Waals surface area contributed by atoms with Gasteiger partial charge in [-0.3, -0.25) is 0 Å². The van der Waals surface area contributed by atoms with Crippen molar-refractivity contribution in [2.75, 3.05) is 0 Å². The maximum atomic E-state index is 12.4. The monoisotopic (exact) mass is 260 g/mol. The lowest BCUT2D eigenvalue weighted by Crippen LogP contribution is -2.36. The molecule has 0 aliphatic heterocycles. The molecule has 1 aromatic carbocycles. The minimum absolute atomic E-state index is 0.0600. The molecular formula is C14H19F3O. The summed E-state index contributed by atoms with van der Waals surface area (Å²) in [4.78, 5) is 0. The lowest BCUT2D eigenvalue weighted by molar-refractivity contribution is -0.137. The molecule has 18 heavy (non-hydrogen) atoms. The summed E-state index contributed by atoms with van der Waals surface area (Å²) in [6.45, 7) is 5.70. The number of aliphatic hydroxyl groups is 1. The van der Waals surface area contributed by atoms with E-state index in [1.54, 1.807) is 0 Å². The van der Waals surface area contributed by atoms with Gasteiger partial charge in [-0.1, -0.05) is 32.9 Å². The molecule has 0 saturated heterocycles. The van der Waals surface area contributed by atoms with E-state index >= 15 is 0 Å². The first-order valence-corrected chi connectivity index (χ1v) is 6.07. The van der Waals surface area contributed by atoms with E-state index in [9.17, 15) is 18.3 Å². The Morgan fingerprint density at radius 2 is 1.61 bits per heavy atom. The largest absolute Gasteiger partial charge is 0.416 e. The summed E-state index contributed by atoms with van der Waals surface area (Å²) in [5.74, 6) is 0.0600. The molecule has 4 heteroatoms. The molecule has 0 aromatic heterocycles. The van der Waals surface area contributed by atoms with Gasteiger partial charge < -0.3 is 5.11 Å². The third-order valence-electron chi connectivity index (χ3n) is 3.48. The Labute approximate surface area is 106 Å². The van der Waals surface area contributed by atoms with E-state index in [2.05, 4.69) is 0 Å². The van der Waals surface area contributed by atoms with E-state index < -0.39 is 17.3 Å². The van der Waals surface area contributed by atoms with Crippen LogP contribution in [0.4, 0.5) is 13.2 Å². The Hall–Kier alpha value is -1.03. The standard InChI is InChI=1S/C14H19F3O/c1-4-13(18,10(2)3)9-11-5-7-12(8-6-11)14(15,16)17/h5-8,10,18H,4,9H2,1-3H3. The summed E-state index contributed by atoms with van der Waals surface area (Å²) in [6.07, 6.45) is -3.36. The Bertz CT molecular complexity index is 381. The molecule has 0 heterocycles. The second-order valence-electron chi connectivity index (χ2n) is 4.98. The maximum Gasteiger partial charge on any atom is 0.416 e. The zero-order valence-corrected chi connectivity index (χ0v) is 10.9. The van der Waals surface area contributed by atoms with Crippen LogP contribution in [0.2, 0.25) is 0 Å². The minimum atomic E-state index is -4.31. The van der Waals surface area contributed by atoms with E-state index in [0.29, 0.717) is 12.8 Å². The highest BCUT2D eigenvalue weighted by atomic mass is 19.4. The van der Waals surface area contributed by atoms with Gasteiger partial charge in [-0.05, 0) is 30.0 Å². The molecule has 1 rings (SSSR count). The van der Waals surface area contributed by atoms with Crippen LogP contribution >= 0.6 is 0 Å².